The SMILES string of the molecule is CNc1c(C)sc2nc(C)c(Cl)c(C)c12. The van der Waals surface area contributed by atoms with Crippen LogP contribution in [0.5, 0.6) is 0 Å². The lowest BCUT2D eigenvalue weighted by Gasteiger charge is -2.06. The molecule has 2 nitrogen and oxygen atoms in total. The van der Waals surface area contributed by atoms with E-state index in [9.17, 15) is 0 Å². The quantitative estimate of drug-likeness (QED) is 0.817. The Hall–Kier alpha value is -0.800. The molecule has 1 N–H and O–H groups in total. The Kier molecular flexibility index (Phi) is 2.61. The van der Waals surface area contributed by atoms with Crippen molar-refractivity contribution in [1.29, 1.82) is 0 Å². The molecule has 0 saturated heterocycles. The maximum Gasteiger partial charge on any atom is 0.126 e. The molecule has 2 rings (SSSR count). The van der Waals surface area contributed by atoms with E-state index in [0.29, 0.717) is 0 Å². The van der Waals surface area contributed by atoms with Gasteiger partial charge < -0.3 is 5.32 Å². The van der Waals surface area contributed by atoms with Crippen LogP contribution in [0.1, 0.15) is 16.1 Å². The molecule has 0 aliphatic rings. The third kappa shape index (κ3) is 1.50. The third-order valence-electron chi connectivity index (χ3n) is 2.61. The lowest BCUT2D eigenvalue weighted by molar-refractivity contribution is 1.25. The summed E-state index contributed by atoms with van der Waals surface area (Å²) < 4.78 is 0. The number of anilines is 1. The van der Waals surface area contributed by atoms with E-state index in [2.05, 4.69) is 17.2 Å². The van der Waals surface area contributed by atoms with Gasteiger partial charge in [-0.15, -0.1) is 11.3 Å². The Morgan fingerprint density at radius 1 is 1.27 bits per heavy atom. The van der Waals surface area contributed by atoms with Crippen molar-refractivity contribution in [2.45, 2.75) is 20.8 Å². The van der Waals surface area contributed by atoms with Crippen LogP contribution in [-0.4, -0.2) is 12.0 Å². The number of pyridine rings is 1. The number of nitrogens with zero attached hydrogens (tertiary/aromatic N) is 1. The molecule has 0 saturated carbocycles. The minimum atomic E-state index is 0.775. The van der Waals surface area contributed by atoms with Gasteiger partial charge in [0.15, 0.2) is 0 Å². The summed E-state index contributed by atoms with van der Waals surface area (Å²) >= 11 is 7.92. The molecule has 2 aromatic heterocycles. The number of rotatable bonds is 1. The average Bonchev–Trinajstić information content (AvgIpc) is 2.50. The van der Waals surface area contributed by atoms with E-state index in [1.807, 2.05) is 20.9 Å². The highest BCUT2D eigenvalue weighted by atomic mass is 35.5. The molecule has 15 heavy (non-hydrogen) atoms. The molecule has 0 atom stereocenters. The number of hydrogen-bond acceptors (Lipinski definition) is 3. The fourth-order valence-corrected chi connectivity index (χ4v) is 3.11. The second kappa shape index (κ2) is 3.65. The van der Waals surface area contributed by atoms with Crippen LogP contribution in [0.2, 0.25) is 5.02 Å². The lowest BCUT2D eigenvalue weighted by Crippen LogP contribution is -1.92. The first kappa shape index (κ1) is 10.7. The van der Waals surface area contributed by atoms with Gasteiger partial charge in [-0.3, -0.25) is 0 Å². The summed E-state index contributed by atoms with van der Waals surface area (Å²) in [6.07, 6.45) is 0. The maximum absolute atomic E-state index is 6.21. The summed E-state index contributed by atoms with van der Waals surface area (Å²) in [5.41, 5.74) is 3.18. The minimum Gasteiger partial charge on any atom is -0.387 e. The second-order valence-electron chi connectivity index (χ2n) is 3.60. The zero-order valence-electron chi connectivity index (χ0n) is 9.23. The molecular formula is C11H13ClN2S. The van der Waals surface area contributed by atoms with Gasteiger partial charge >= 0.3 is 0 Å². The first-order chi connectivity index (χ1) is 7.06. The molecule has 0 fully saturated rings. The lowest BCUT2D eigenvalue weighted by atomic mass is 10.1. The Morgan fingerprint density at radius 3 is 2.53 bits per heavy atom. The van der Waals surface area contributed by atoms with Crippen LogP contribution in [-0.2, 0) is 0 Å². The van der Waals surface area contributed by atoms with Gasteiger partial charge in [-0.25, -0.2) is 4.98 Å². The van der Waals surface area contributed by atoms with Crippen molar-refractivity contribution in [2.75, 3.05) is 12.4 Å². The van der Waals surface area contributed by atoms with Crippen LogP contribution in [0.15, 0.2) is 0 Å². The van der Waals surface area contributed by atoms with Crippen molar-refractivity contribution in [3.8, 4) is 0 Å². The minimum absolute atomic E-state index is 0.775. The Bertz CT molecular complexity index is 531. The van der Waals surface area contributed by atoms with E-state index >= 15 is 0 Å². The van der Waals surface area contributed by atoms with Crippen LogP contribution in [0.3, 0.4) is 0 Å². The summed E-state index contributed by atoms with van der Waals surface area (Å²) in [6.45, 7) is 6.09. The monoisotopic (exact) mass is 240 g/mol. The molecule has 0 spiro atoms. The number of halogens is 1. The van der Waals surface area contributed by atoms with Gasteiger partial charge in [-0.05, 0) is 26.3 Å². The van der Waals surface area contributed by atoms with E-state index < -0.39 is 0 Å². The van der Waals surface area contributed by atoms with Gasteiger partial charge in [0, 0.05) is 17.3 Å². The molecule has 80 valence electrons. The zero-order chi connectivity index (χ0) is 11.2. The normalized spacial score (nSPS) is 11.0. The summed E-state index contributed by atoms with van der Waals surface area (Å²) in [5, 5.41) is 5.15. The summed E-state index contributed by atoms with van der Waals surface area (Å²) in [5.74, 6) is 0. The summed E-state index contributed by atoms with van der Waals surface area (Å²) in [6, 6.07) is 0. The topological polar surface area (TPSA) is 24.9 Å². The highest BCUT2D eigenvalue weighted by molar-refractivity contribution is 7.19. The predicted octanol–water partition coefficient (Wildman–Crippen LogP) is 3.92. The van der Waals surface area contributed by atoms with Crippen LogP contribution in [0.25, 0.3) is 10.2 Å². The Balaban J connectivity index is 2.93. The molecule has 0 radical (unpaired) electrons. The van der Waals surface area contributed by atoms with Crippen molar-refractivity contribution in [1.82, 2.24) is 4.98 Å². The molecule has 2 heterocycles. The molecule has 2 aromatic rings. The van der Waals surface area contributed by atoms with Crippen LogP contribution in [0, 0.1) is 20.8 Å². The van der Waals surface area contributed by atoms with Gasteiger partial charge in [0.05, 0.1) is 16.4 Å². The number of thiophene rings is 1. The largest absolute Gasteiger partial charge is 0.387 e. The fourth-order valence-electron chi connectivity index (χ4n) is 1.84. The van der Waals surface area contributed by atoms with Crippen molar-refractivity contribution < 1.29 is 0 Å². The van der Waals surface area contributed by atoms with E-state index in [0.717, 1.165) is 32.2 Å². The highest BCUT2D eigenvalue weighted by Gasteiger charge is 2.14. The van der Waals surface area contributed by atoms with Crippen molar-refractivity contribution in [3.63, 3.8) is 0 Å². The number of aryl methyl sites for hydroxylation is 3. The molecule has 0 aliphatic carbocycles. The Morgan fingerprint density at radius 2 is 1.93 bits per heavy atom. The smallest absolute Gasteiger partial charge is 0.126 e. The average molecular weight is 241 g/mol. The van der Waals surface area contributed by atoms with E-state index in [1.165, 1.54) is 4.88 Å². The van der Waals surface area contributed by atoms with Crippen LogP contribution in [0.4, 0.5) is 5.69 Å². The highest BCUT2D eigenvalue weighted by Crippen LogP contribution is 2.38. The molecule has 0 unspecified atom stereocenters. The standard InChI is InChI=1S/C11H13ClN2S/c1-5-8-10(13-4)7(3)15-11(8)14-6(2)9(5)12/h13H,1-4H3. The third-order valence-corrected chi connectivity index (χ3v) is 4.16. The number of fused-ring (bicyclic) bond motifs is 1. The van der Waals surface area contributed by atoms with Gasteiger partial charge in [0.2, 0.25) is 0 Å². The molecule has 0 amide bonds. The van der Waals surface area contributed by atoms with Crippen molar-refractivity contribution in [2.24, 2.45) is 0 Å². The van der Waals surface area contributed by atoms with Gasteiger partial charge in [-0.2, -0.15) is 0 Å². The maximum atomic E-state index is 6.21. The fraction of sp³-hybridized carbons (Fsp3) is 0.364. The van der Waals surface area contributed by atoms with Gasteiger partial charge in [-0.1, -0.05) is 11.6 Å². The molecule has 0 aliphatic heterocycles. The second-order valence-corrected chi connectivity index (χ2v) is 5.18. The number of aromatic nitrogens is 1. The molecular weight excluding hydrogens is 228 g/mol. The number of nitrogens with one attached hydrogen (secondary N) is 1. The first-order valence-electron chi connectivity index (χ1n) is 4.79. The zero-order valence-corrected chi connectivity index (χ0v) is 10.8. The van der Waals surface area contributed by atoms with E-state index in [-0.39, 0.29) is 0 Å². The summed E-state index contributed by atoms with van der Waals surface area (Å²) in [4.78, 5) is 6.83. The van der Waals surface area contributed by atoms with E-state index in [1.54, 1.807) is 11.3 Å². The first-order valence-corrected chi connectivity index (χ1v) is 5.99. The van der Waals surface area contributed by atoms with Crippen LogP contribution < -0.4 is 5.32 Å². The van der Waals surface area contributed by atoms with Crippen molar-refractivity contribution in [3.05, 3.63) is 21.2 Å². The van der Waals surface area contributed by atoms with Gasteiger partial charge in [0.25, 0.3) is 0 Å². The van der Waals surface area contributed by atoms with Gasteiger partial charge in [0.1, 0.15) is 4.83 Å². The van der Waals surface area contributed by atoms with E-state index in [4.69, 9.17) is 11.6 Å². The molecule has 0 bridgehead atoms. The number of hydrogen-bond donors (Lipinski definition) is 1. The molecule has 4 heteroatoms. The predicted molar refractivity (Wildman–Crippen MR) is 68.4 cm³/mol. The Labute approximate surface area is 98.3 Å². The molecule has 0 aromatic carbocycles. The summed E-state index contributed by atoms with van der Waals surface area (Å²) in [7, 11) is 1.93. The van der Waals surface area contributed by atoms with Crippen molar-refractivity contribution >= 4 is 38.8 Å². The van der Waals surface area contributed by atoms with Crippen LogP contribution >= 0.6 is 22.9 Å².